The SMILES string of the molecule is c1ccc(-c2nc3ccc4c5ccc6ccccc6c5ccc4c3nc2-c2ccc(-c3ccc(-c4nc5c(ccc6c7ccc8ccccc8c7ccc65)nc4-c4ccccc4)cc3)cc2)cc1. The van der Waals surface area contributed by atoms with E-state index in [-0.39, 0.29) is 0 Å². The Hall–Kier alpha value is -9.12. The molecular weight excluding hydrogens is 825 g/mol. The van der Waals surface area contributed by atoms with Crippen LogP contribution in [0, 0.1) is 0 Å². The maximum absolute atomic E-state index is 5.49. The molecule has 4 nitrogen and oxygen atoms in total. The van der Waals surface area contributed by atoms with E-state index in [1.54, 1.807) is 0 Å². The average molecular weight is 863 g/mol. The van der Waals surface area contributed by atoms with Crippen LogP contribution in [-0.4, -0.2) is 19.9 Å². The molecular formula is C64H38N4. The second kappa shape index (κ2) is 15.2. The molecule has 0 unspecified atom stereocenters. The lowest BCUT2D eigenvalue weighted by Gasteiger charge is -2.14. The summed E-state index contributed by atoms with van der Waals surface area (Å²) >= 11 is 0. The summed E-state index contributed by atoms with van der Waals surface area (Å²) in [5.74, 6) is 0. The van der Waals surface area contributed by atoms with Gasteiger partial charge in [-0.05, 0) is 77.1 Å². The van der Waals surface area contributed by atoms with E-state index >= 15 is 0 Å². The van der Waals surface area contributed by atoms with Crippen molar-refractivity contribution in [1.82, 2.24) is 19.9 Å². The van der Waals surface area contributed by atoms with E-state index in [1.165, 1.54) is 53.9 Å². The first kappa shape index (κ1) is 38.2. The predicted molar refractivity (Wildman–Crippen MR) is 285 cm³/mol. The molecule has 0 saturated heterocycles. The molecule has 14 aromatic rings. The lowest BCUT2D eigenvalue weighted by Crippen LogP contribution is -1.97. The Kier molecular flexibility index (Phi) is 8.55. The van der Waals surface area contributed by atoms with Crippen molar-refractivity contribution in [1.29, 1.82) is 0 Å². The van der Waals surface area contributed by atoms with Crippen LogP contribution in [0.2, 0.25) is 0 Å². The van der Waals surface area contributed by atoms with Gasteiger partial charge in [0.1, 0.15) is 0 Å². The summed E-state index contributed by atoms with van der Waals surface area (Å²) in [5.41, 5.74) is 13.3. The normalized spacial score (nSPS) is 11.8. The van der Waals surface area contributed by atoms with Crippen LogP contribution in [0.5, 0.6) is 0 Å². The number of nitrogens with zero attached hydrogens (tertiary/aromatic N) is 4. The summed E-state index contributed by atoms with van der Waals surface area (Å²) in [7, 11) is 0. The fourth-order valence-corrected chi connectivity index (χ4v) is 10.5. The first-order valence-corrected chi connectivity index (χ1v) is 23.1. The molecule has 314 valence electrons. The Balaban J connectivity index is 0.865. The topological polar surface area (TPSA) is 51.6 Å². The van der Waals surface area contributed by atoms with Gasteiger partial charge in [0.05, 0.1) is 44.8 Å². The second-order valence-electron chi connectivity index (χ2n) is 17.7. The van der Waals surface area contributed by atoms with Gasteiger partial charge in [-0.2, -0.15) is 0 Å². The van der Waals surface area contributed by atoms with Gasteiger partial charge in [-0.1, -0.05) is 218 Å². The summed E-state index contributed by atoms with van der Waals surface area (Å²) in [6.45, 7) is 0. The zero-order valence-electron chi connectivity index (χ0n) is 36.7. The lowest BCUT2D eigenvalue weighted by molar-refractivity contribution is 1.30. The predicted octanol–water partition coefficient (Wildman–Crippen LogP) is 16.8. The van der Waals surface area contributed by atoms with E-state index < -0.39 is 0 Å². The van der Waals surface area contributed by atoms with Crippen LogP contribution >= 0.6 is 0 Å². The quantitative estimate of drug-likeness (QED) is 0.162. The summed E-state index contributed by atoms with van der Waals surface area (Å²) in [6, 6.07) is 82.0. The zero-order chi connectivity index (χ0) is 44.7. The number of benzene rings is 12. The third kappa shape index (κ3) is 6.08. The highest BCUT2D eigenvalue weighted by atomic mass is 14.8. The number of hydrogen-bond donors (Lipinski definition) is 0. The van der Waals surface area contributed by atoms with Crippen LogP contribution in [0.4, 0.5) is 0 Å². The molecule has 68 heavy (non-hydrogen) atoms. The largest absolute Gasteiger partial charge is 0.244 e. The molecule has 2 aromatic heterocycles. The van der Waals surface area contributed by atoms with E-state index in [2.05, 4.69) is 218 Å². The molecule has 0 N–H and O–H groups in total. The first-order chi connectivity index (χ1) is 33.7. The average Bonchev–Trinajstić information content (AvgIpc) is 3.42. The van der Waals surface area contributed by atoms with Gasteiger partial charge in [-0.25, -0.2) is 19.9 Å². The van der Waals surface area contributed by atoms with Crippen LogP contribution in [0.3, 0.4) is 0 Å². The maximum atomic E-state index is 5.49. The molecule has 14 rings (SSSR count). The molecule has 0 aliphatic carbocycles. The smallest absolute Gasteiger partial charge is 0.0973 e. The van der Waals surface area contributed by atoms with Crippen molar-refractivity contribution < 1.29 is 0 Å². The van der Waals surface area contributed by atoms with Crippen molar-refractivity contribution in [2.75, 3.05) is 0 Å². The minimum Gasteiger partial charge on any atom is -0.244 e. The van der Waals surface area contributed by atoms with Crippen molar-refractivity contribution in [2.45, 2.75) is 0 Å². The molecule has 0 aliphatic rings. The molecule has 0 spiro atoms. The second-order valence-corrected chi connectivity index (χ2v) is 17.7. The standard InChI is InChI=1S/C64H38N4/c1-3-13-43(14-4-1)59-61(67-63-55-33-31-49-47-17-9-7-11-41(47)27-29-51(49)53(55)35-37-57(63)65-59)45-23-19-39(20-24-45)40-21-25-46(26-22-40)62-60(44-15-5-2-6-16-44)66-58-38-36-54-52-30-28-42-12-8-10-18-48(42)50(52)32-34-56(54)64(58)68-62/h1-38H. The van der Waals surface area contributed by atoms with Crippen LogP contribution in [0.1, 0.15) is 0 Å². The van der Waals surface area contributed by atoms with E-state index in [0.717, 1.165) is 89.0 Å². The highest BCUT2D eigenvalue weighted by molar-refractivity contribution is 6.23. The molecule has 4 heteroatoms. The minimum atomic E-state index is 0.855. The third-order valence-electron chi connectivity index (χ3n) is 13.9. The first-order valence-electron chi connectivity index (χ1n) is 23.1. The lowest BCUT2D eigenvalue weighted by atomic mass is 9.95. The van der Waals surface area contributed by atoms with Gasteiger partial charge >= 0.3 is 0 Å². The molecule has 0 aliphatic heterocycles. The fourth-order valence-electron chi connectivity index (χ4n) is 10.5. The third-order valence-corrected chi connectivity index (χ3v) is 13.9. The molecule has 0 fully saturated rings. The van der Waals surface area contributed by atoms with Crippen molar-refractivity contribution in [3.05, 3.63) is 231 Å². The summed E-state index contributed by atoms with van der Waals surface area (Å²) in [4.78, 5) is 21.7. The number of fused-ring (bicyclic) bond motifs is 14. The molecule has 12 aromatic carbocycles. The Labute approximate surface area is 391 Å². The van der Waals surface area contributed by atoms with Gasteiger partial charge in [0, 0.05) is 33.0 Å². The minimum absolute atomic E-state index is 0.855. The maximum Gasteiger partial charge on any atom is 0.0973 e. The Morgan fingerprint density at radius 2 is 0.471 bits per heavy atom. The van der Waals surface area contributed by atoms with Gasteiger partial charge < -0.3 is 0 Å². The summed E-state index contributed by atoms with van der Waals surface area (Å²) in [6.07, 6.45) is 0. The molecule has 0 amide bonds. The highest BCUT2D eigenvalue weighted by Gasteiger charge is 2.19. The monoisotopic (exact) mass is 862 g/mol. The van der Waals surface area contributed by atoms with Crippen LogP contribution in [-0.2, 0) is 0 Å². The van der Waals surface area contributed by atoms with Crippen LogP contribution < -0.4 is 0 Å². The fraction of sp³-hybridized carbons (Fsp3) is 0. The summed E-state index contributed by atoms with van der Waals surface area (Å²) in [5, 5.41) is 14.4. The molecule has 0 saturated carbocycles. The number of hydrogen-bond acceptors (Lipinski definition) is 4. The van der Waals surface area contributed by atoms with Crippen molar-refractivity contribution in [3.63, 3.8) is 0 Å². The molecule has 0 bridgehead atoms. The molecule has 2 heterocycles. The van der Waals surface area contributed by atoms with Gasteiger partial charge in [0.2, 0.25) is 0 Å². The Bertz CT molecular complexity index is 4050. The summed E-state index contributed by atoms with van der Waals surface area (Å²) < 4.78 is 0. The Morgan fingerprint density at radius 1 is 0.176 bits per heavy atom. The molecule has 0 atom stereocenters. The number of aromatic nitrogens is 4. The van der Waals surface area contributed by atoms with Crippen molar-refractivity contribution in [2.24, 2.45) is 0 Å². The van der Waals surface area contributed by atoms with Crippen LogP contribution in [0.15, 0.2) is 231 Å². The highest BCUT2D eigenvalue weighted by Crippen LogP contribution is 2.40. The molecule has 0 radical (unpaired) electrons. The van der Waals surface area contributed by atoms with Crippen molar-refractivity contribution in [3.8, 4) is 56.2 Å². The van der Waals surface area contributed by atoms with Crippen molar-refractivity contribution >= 4 is 86.7 Å². The van der Waals surface area contributed by atoms with E-state index in [0.29, 0.717) is 0 Å². The van der Waals surface area contributed by atoms with Gasteiger partial charge in [-0.15, -0.1) is 0 Å². The zero-order valence-corrected chi connectivity index (χ0v) is 36.7. The van der Waals surface area contributed by atoms with Gasteiger partial charge in [0.25, 0.3) is 0 Å². The van der Waals surface area contributed by atoms with E-state index in [1.807, 2.05) is 12.1 Å². The van der Waals surface area contributed by atoms with Gasteiger partial charge in [-0.3, -0.25) is 0 Å². The Morgan fingerprint density at radius 3 is 0.912 bits per heavy atom. The number of rotatable bonds is 5. The van der Waals surface area contributed by atoms with E-state index in [9.17, 15) is 0 Å². The van der Waals surface area contributed by atoms with Gasteiger partial charge in [0.15, 0.2) is 0 Å². The van der Waals surface area contributed by atoms with Crippen LogP contribution in [0.25, 0.3) is 143 Å². The van der Waals surface area contributed by atoms with E-state index in [4.69, 9.17) is 19.9 Å².